The van der Waals surface area contributed by atoms with E-state index in [-0.39, 0.29) is 18.5 Å². The van der Waals surface area contributed by atoms with E-state index in [1.165, 1.54) is 11.1 Å². The van der Waals surface area contributed by atoms with E-state index in [2.05, 4.69) is 28.6 Å². The van der Waals surface area contributed by atoms with E-state index in [0.717, 1.165) is 30.2 Å². The number of nitrogens with zero attached hydrogens (tertiary/aromatic N) is 2. The van der Waals surface area contributed by atoms with Gasteiger partial charge in [0.1, 0.15) is 6.54 Å². The topological polar surface area (TPSA) is 46.9 Å². The van der Waals surface area contributed by atoms with Crippen molar-refractivity contribution in [2.75, 3.05) is 0 Å². The third-order valence-electron chi connectivity index (χ3n) is 4.55. The second-order valence-electron chi connectivity index (χ2n) is 6.07. The standard InChI is InChI=1S/C19H19N3O/c23-19(13-22-18-11-4-2-7-15(18)12-20-22)21-17-10-5-8-14-6-1-3-9-16(14)17/h1-4,6-7,9,11-12,17H,5,8,10,13H2,(H,21,23). The number of rotatable bonds is 3. The molecule has 1 heterocycles. The molecule has 4 heteroatoms. The zero-order chi connectivity index (χ0) is 15.6. The summed E-state index contributed by atoms with van der Waals surface area (Å²) in [4.78, 5) is 12.5. The largest absolute Gasteiger partial charge is 0.348 e. The van der Waals surface area contributed by atoms with Crippen molar-refractivity contribution in [1.29, 1.82) is 0 Å². The monoisotopic (exact) mass is 305 g/mol. The van der Waals surface area contributed by atoms with Crippen LogP contribution in [0.5, 0.6) is 0 Å². The van der Waals surface area contributed by atoms with Crippen LogP contribution in [0.15, 0.2) is 54.7 Å². The van der Waals surface area contributed by atoms with Crippen LogP contribution >= 0.6 is 0 Å². The minimum Gasteiger partial charge on any atom is -0.348 e. The van der Waals surface area contributed by atoms with Crippen molar-refractivity contribution in [2.24, 2.45) is 0 Å². The Hall–Kier alpha value is -2.62. The first kappa shape index (κ1) is 14.0. The first-order valence-corrected chi connectivity index (χ1v) is 8.09. The van der Waals surface area contributed by atoms with Crippen LogP contribution in [0, 0.1) is 0 Å². The smallest absolute Gasteiger partial charge is 0.242 e. The van der Waals surface area contributed by atoms with Crippen LogP contribution in [0.1, 0.15) is 30.0 Å². The molecule has 1 unspecified atom stereocenters. The number of carbonyl (C=O) groups is 1. The van der Waals surface area contributed by atoms with Gasteiger partial charge < -0.3 is 5.32 Å². The SMILES string of the molecule is O=C(Cn1ncc2ccccc21)NC1CCCc2ccccc21. The fourth-order valence-corrected chi connectivity index (χ4v) is 3.43. The molecule has 0 aliphatic heterocycles. The summed E-state index contributed by atoms with van der Waals surface area (Å²) in [6.45, 7) is 0.256. The quantitative estimate of drug-likeness (QED) is 0.807. The lowest BCUT2D eigenvalue weighted by Gasteiger charge is -2.26. The minimum atomic E-state index is 0.0144. The van der Waals surface area contributed by atoms with E-state index in [0.29, 0.717) is 0 Å². The third kappa shape index (κ3) is 2.72. The number of benzene rings is 2. The molecule has 23 heavy (non-hydrogen) atoms. The second kappa shape index (κ2) is 5.88. The van der Waals surface area contributed by atoms with Crippen LogP contribution in [-0.4, -0.2) is 15.7 Å². The van der Waals surface area contributed by atoms with E-state index in [4.69, 9.17) is 0 Å². The molecule has 0 bridgehead atoms. The van der Waals surface area contributed by atoms with Crippen molar-refractivity contribution in [3.63, 3.8) is 0 Å². The van der Waals surface area contributed by atoms with Gasteiger partial charge in [-0.2, -0.15) is 5.10 Å². The molecule has 1 atom stereocenters. The van der Waals surface area contributed by atoms with Crippen LogP contribution in [0.25, 0.3) is 10.9 Å². The van der Waals surface area contributed by atoms with Gasteiger partial charge in [0, 0.05) is 5.39 Å². The molecular weight excluding hydrogens is 286 g/mol. The Kier molecular flexibility index (Phi) is 3.58. The summed E-state index contributed by atoms with van der Waals surface area (Å²) in [6, 6.07) is 16.5. The summed E-state index contributed by atoms with van der Waals surface area (Å²) < 4.78 is 1.76. The lowest BCUT2D eigenvalue weighted by molar-refractivity contribution is -0.122. The van der Waals surface area contributed by atoms with Gasteiger partial charge in [0.2, 0.25) is 5.91 Å². The molecule has 4 nitrogen and oxygen atoms in total. The average Bonchev–Trinajstić information content (AvgIpc) is 2.98. The van der Waals surface area contributed by atoms with Gasteiger partial charge >= 0.3 is 0 Å². The normalized spacial score (nSPS) is 17.0. The number of amides is 1. The lowest BCUT2D eigenvalue weighted by atomic mass is 9.88. The molecular formula is C19H19N3O. The minimum absolute atomic E-state index is 0.0144. The van der Waals surface area contributed by atoms with Crippen molar-refractivity contribution in [2.45, 2.75) is 31.8 Å². The first-order chi connectivity index (χ1) is 11.3. The molecule has 0 radical (unpaired) electrons. The molecule has 0 saturated carbocycles. The highest BCUT2D eigenvalue weighted by molar-refractivity contribution is 5.82. The Morgan fingerprint density at radius 1 is 1.17 bits per heavy atom. The fraction of sp³-hybridized carbons (Fsp3) is 0.263. The van der Waals surface area contributed by atoms with E-state index < -0.39 is 0 Å². The molecule has 0 spiro atoms. The molecule has 0 saturated heterocycles. The van der Waals surface area contributed by atoms with Crippen LogP contribution in [0.2, 0.25) is 0 Å². The average molecular weight is 305 g/mol. The Bertz CT molecular complexity index is 852. The fourth-order valence-electron chi connectivity index (χ4n) is 3.43. The Morgan fingerprint density at radius 3 is 2.96 bits per heavy atom. The molecule has 1 N–H and O–H groups in total. The van der Waals surface area contributed by atoms with Crippen LogP contribution in [0.3, 0.4) is 0 Å². The number of fused-ring (bicyclic) bond motifs is 2. The predicted octanol–water partition coefficient (Wildman–Crippen LogP) is 3.23. The van der Waals surface area contributed by atoms with E-state index in [9.17, 15) is 4.79 Å². The molecule has 2 aromatic carbocycles. The van der Waals surface area contributed by atoms with Crippen molar-refractivity contribution in [3.8, 4) is 0 Å². The second-order valence-corrected chi connectivity index (χ2v) is 6.07. The Balaban J connectivity index is 1.51. The van der Waals surface area contributed by atoms with Crippen LogP contribution < -0.4 is 5.32 Å². The molecule has 3 aromatic rings. The van der Waals surface area contributed by atoms with E-state index >= 15 is 0 Å². The van der Waals surface area contributed by atoms with Gasteiger partial charge in [-0.3, -0.25) is 9.48 Å². The summed E-state index contributed by atoms with van der Waals surface area (Å²) in [6.07, 6.45) is 5.03. The molecule has 1 aromatic heterocycles. The maximum atomic E-state index is 12.5. The van der Waals surface area contributed by atoms with Crippen molar-refractivity contribution in [1.82, 2.24) is 15.1 Å². The van der Waals surface area contributed by atoms with Gasteiger partial charge in [-0.05, 0) is 36.5 Å². The van der Waals surface area contributed by atoms with Gasteiger partial charge in [-0.15, -0.1) is 0 Å². The number of carbonyl (C=O) groups excluding carboxylic acids is 1. The molecule has 1 aliphatic rings. The highest BCUT2D eigenvalue weighted by Gasteiger charge is 2.21. The van der Waals surface area contributed by atoms with E-state index in [1.54, 1.807) is 10.9 Å². The van der Waals surface area contributed by atoms with Crippen LogP contribution in [0.4, 0.5) is 0 Å². The zero-order valence-electron chi connectivity index (χ0n) is 12.9. The first-order valence-electron chi connectivity index (χ1n) is 8.09. The molecule has 4 rings (SSSR count). The Labute approximate surface area is 135 Å². The van der Waals surface area contributed by atoms with Crippen molar-refractivity contribution < 1.29 is 4.79 Å². The number of hydrogen-bond acceptors (Lipinski definition) is 2. The van der Waals surface area contributed by atoms with Gasteiger partial charge in [0.25, 0.3) is 0 Å². The van der Waals surface area contributed by atoms with Crippen molar-refractivity contribution >= 4 is 16.8 Å². The molecule has 116 valence electrons. The van der Waals surface area contributed by atoms with E-state index in [1.807, 2.05) is 30.3 Å². The number of aryl methyl sites for hydroxylation is 1. The van der Waals surface area contributed by atoms with Gasteiger partial charge in [-0.25, -0.2) is 0 Å². The summed E-state index contributed by atoms with van der Waals surface area (Å²) in [7, 11) is 0. The zero-order valence-corrected chi connectivity index (χ0v) is 12.9. The summed E-state index contributed by atoms with van der Waals surface area (Å²) >= 11 is 0. The maximum Gasteiger partial charge on any atom is 0.242 e. The van der Waals surface area contributed by atoms with Gasteiger partial charge in [0.15, 0.2) is 0 Å². The number of nitrogens with one attached hydrogen (secondary N) is 1. The summed E-state index contributed by atoms with van der Waals surface area (Å²) in [5.41, 5.74) is 3.61. The number of para-hydroxylation sites is 1. The highest BCUT2D eigenvalue weighted by atomic mass is 16.2. The molecule has 1 aliphatic carbocycles. The van der Waals surface area contributed by atoms with Crippen molar-refractivity contribution in [3.05, 3.63) is 65.9 Å². The Morgan fingerprint density at radius 2 is 2.00 bits per heavy atom. The summed E-state index contributed by atoms with van der Waals surface area (Å²) in [5.74, 6) is 0.0144. The summed E-state index contributed by atoms with van der Waals surface area (Å²) in [5, 5.41) is 8.57. The maximum absolute atomic E-state index is 12.5. The van der Waals surface area contributed by atoms with Crippen LogP contribution in [-0.2, 0) is 17.8 Å². The predicted molar refractivity (Wildman–Crippen MR) is 90.0 cm³/mol. The van der Waals surface area contributed by atoms with Gasteiger partial charge in [0.05, 0.1) is 17.8 Å². The number of hydrogen-bond donors (Lipinski definition) is 1. The van der Waals surface area contributed by atoms with Gasteiger partial charge in [-0.1, -0.05) is 42.5 Å². The molecule has 0 fully saturated rings. The highest BCUT2D eigenvalue weighted by Crippen LogP contribution is 2.29. The number of aromatic nitrogens is 2. The molecule has 1 amide bonds. The third-order valence-corrected chi connectivity index (χ3v) is 4.55. The lowest BCUT2D eigenvalue weighted by Crippen LogP contribution is -2.33.